The van der Waals surface area contributed by atoms with Crippen LogP contribution in [0.1, 0.15) is 46.3 Å². The van der Waals surface area contributed by atoms with Crippen molar-refractivity contribution in [2.24, 2.45) is 7.05 Å². The Morgan fingerprint density at radius 3 is 2.81 bits per heavy atom. The van der Waals surface area contributed by atoms with Crippen LogP contribution in [0.15, 0.2) is 42.6 Å². The summed E-state index contributed by atoms with van der Waals surface area (Å²) in [4.78, 5) is 21.9. The first-order valence-electron chi connectivity index (χ1n) is 8.84. The Labute approximate surface area is 152 Å². The molecule has 0 fully saturated rings. The average Bonchev–Trinajstić information content (AvgIpc) is 3.00. The van der Waals surface area contributed by atoms with Crippen LogP contribution in [0.3, 0.4) is 0 Å². The van der Waals surface area contributed by atoms with E-state index in [0.29, 0.717) is 5.69 Å². The lowest BCUT2D eigenvalue weighted by Gasteiger charge is -2.25. The van der Waals surface area contributed by atoms with Gasteiger partial charge in [-0.25, -0.2) is 9.97 Å². The van der Waals surface area contributed by atoms with Crippen molar-refractivity contribution in [3.63, 3.8) is 0 Å². The van der Waals surface area contributed by atoms with Gasteiger partial charge in [0.15, 0.2) is 5.82 Å². The predicted octanol–water partition coefficient (Wildman–Crippen LogP) is 2.99. The molecule has 4 rings (SSSR count). The summed E-state index contributed by atoms with van der Waals surface area (Å²) in [7, 11) is 1.78. The molecule has 6 nitrogen and oxygen atoms in total. The van der Waals surface area contributed by atoms with Gasteiger partial charge >= 0.3 is 0 Å². The van der Waals surface area contributed by atoms with Crippen LogP contribution in [0.4, 0.5) is 0 Å². The number of aryl methyl sites for hydroxylation is 3. The standard InChI is InChI=1S/C20H21N5O/c1-13-11-18(25(2)24-13)20(26)23-17-10-6-9-16-15(17)12-21-19(22-16)14-7-4-3-5-8-14/h3-5,7-8,11-12,17H,6,9-10H2,1-2H3,(H,23,26). The fourth-order valence-corrected chi connectivity index (χ4v) is 3.48. The highest BCUT2D eigenvalue weighted by molar-refractivity contribution is 5.93. The lowest BCUT2D eigenvalue weighted by Crippen LogP contribution is -2.32. The van der Waals surface area contributed by atoms with Crippen LogP contribution >= 0.6 is 0 Å². The molecule has 0 saturated heterocycles. The minimum Gasteiger partial charge on any atom is -0.344 e. The van der Waals surface area contributed by atoms with Gasteiger partial charge in [-0.15, -0.1) is 0 Å². The van der Waals surface area contributed by atoms with E-state index < -0.39 is 0 Å². The van der Waals surface area contributed by atoms with Crippen molar-refractivity contribution in [3.8, 4) is 11.4 Å². The molecule has 1 unspecified atom stereocenters. The summed E-state index contributed by atoms with van der Waals surface area (Å²) >= 11 is 0. The number of amides is 1. The van der Waals surface area contributed by atoms with Crippen LogP contribution in [-0.2, 0) is 13.5 Å². The normalized spacial score (nSPS) is 16.2. The third-order valence-corrected chi connectivity index (χ3v) is 4.75. The van der Waals surface area contributed by atoms with E-state index >= 15 is 0 Å². The van der Waals surface area contributed by atoms with E-state index in [1.165, 1.54) is 0 Å². The fourth-order valence-electron chi connectivity index (χ4n) is 3.48. The maximum atomic E-state index is 12.6. The van der Waals surface area contributed by atoms with E-state index in [0.717, 1.165) is 47.6 Å². The molecule has 6 heteroatoms. The molecule has 2 aromatic heterocycles. The van der Waals surface area contributed by atoms with Gasteiger partial charge in [-0.2, -0.15) is 5.10 Å². The molecule has 0 radical (unpaired) electrons. The van der Waals surface area contributed by atoms with Gasteiger partial charge in [0.25, 0.3) is 5.91 Å². The quantitative estimate of drug-likeness (QED) is 0.790. The molecular formula is C20H21N5O. The largest absolute Gasteiger partial charge is 0.344 e. The summed E-state index contributed by atoms with van der Waals surface area (Å²) in [6.45, 7) is 1.88. The fraction of sp³-hybridized carbons (Fsp3) is 0.300. The summed E-state index contributed by atoms with van der Waals surface area (Å²) < 4.78 is 1.61. The first kappa shape index (κ1) is 16.4. The third-order valence-electron chi connectivity index (χ3n) is 4.75. The van der Waals surface area contributed by atoms with Crippen molar-refractivity contribution >= 4 is 5.91 Å². The van der Waals surface area contributed by atoms with Crippen LogP contribution in [0.5, 0.6) is 0 Å². The van der Waals surface area contributed by atoms with Crippen molar-refractivity contribution in [1.29, 1.82) is 0 Å². The van der Waals surface area contributed by atoms with Gasteiger partial charge in [0.1, 0.15) is 5.69 Å². The number of fused-ring (bicyclic) bond motifs is 1. The average molecular weight is 347 g/mol. The van der Waals surface area contributed by atoms with Gasteiger partial charge in [-0.05, 0) is 32.3 Å². The van der Waals surface area contributed by atoms with Gasteiger partial charge in [-0.1, -0.05) is 30.3 Å². The maximum Gasteiger partial charge on any atom is 0.270 e. The summed E-state index contributed by atoms with van der Waals surface area (Å²) in [6.07, 6.45) is 4.66. The van der Waals surface area contributed by atoms with Gasteiger partial charge in [0, 0.05) is 30.1 Å². The molecule has 0 saturated carbocycles. The second-order valence-electron chi connectivity index (χ2n) is 6.67. The van der Waals surface area contributed by atoms with Crippen molar-refractivity contribution in [1.82, 2.24) is 25.1 Å². The molecule has 26 heavy (non-hydrogen) atoms. The summed E-state index contributed by atoms with van der Waals surface area (Å²) in [6, 6.07) is 11.7. The van der Waals surface area contributed by atoms with Crippen LogP contribution < -0.4 is 5.32 Å². The molecule has 132 valence electrons. The Morgan fingerprint density at radius 2 is 2.08 bits per heavy atom. The Bertz CT molecular complexity index is 948. The number of hydrogen-bond donors (Lipinski definition) is 1. The van der Waals surface area contributed by atoms with Crippen LogP contribution in [0.2, 0.25) is 0 Å². The highest BCUT2D eigenvalue weighted by Crippen LogP contribution is 2.29. The van der Waals surface area contributed by atoms with E-state index in [1.807, 2.05) is 43.5 Å². The number of nitrogens with one attached hydrogen (secondary N) is 1. The number of benzene rings is 1. The third kappa shape index (κ3) is 3.10. The number of rotatable bonds is 3. The lowest BCUT2D eigenvalue weighted by atomic mass is 9.92. The Kier molecular flexibility index (Phi) is 4.24. The minimum absolute atomic E-state index is 0.0636. The van der Waals surface area contributed by atoms with Gasteiger partial charge in [0.05, 0.1) is 11.7 Å². The minimum atomic E-state index is -0.113. The van der Waals surface area contributed by atoms with Crippen LogP contribution in [0, 0.1) is 6.92 Å². The molecule has 2 heterocycles. The van der Waals surface area contributed by atoms with Crippen molar-refractivity contribution in [3.05, 3.63) is 65.2 Å². The van der Waals surface area contributed by atoms with E-state index in [-0.39, 0.29) is 11.9 Å². The molecule has 0 aliphatic heterocycles. The van der Waals surface area contributed by atoms with E-state index in [1.54, 1.807) is 17.8 Å². The molecular weight excluding hydrogens is 326 g/mol. The number of nitrogens with zero attached hydrogens (tertiary/aromatic N) is 4. The molecule has 0 spiro atoms. The number of carbonyl (C=O) groups is 1. The summed E-state index contributed by atoms with van der Waals surface area (Å²) in [5, 5.41) is 7.37. The molecule has 1 N–H and O–H groups in total. The maximum absolute atomic E-state index is 12.6. The van der Waals surface area contributed by atoms with E-state index in [9.17, 15) is 4.79 Å². The molecule has 0 bridgehead atoms. The first-order valence-corrected chi connectivity index (χ1v) is 8.84. The molecule has 3 aromatic rings. The molecule has 1 aliphatic carbocycles. The zero-order valence-electron chi connectivity index (χ0n) is 14.9. The second-order valence-corrected chi connectivity index (χ2v) is 6.67. The van der Waals surface area contributed by atoms with Crippen LogP contribution in [-0.4, -0.2) is 25.7 Å². The Hall–Kier alpha value is -3.02. The highest BCUT2D eigenvalue weighted by Gasteiger charge is 2.25. The van der Waals surface area contributed by atoms with Crippen molar-refractivity contribution < 1.29 is 4.79 Å². The monoisotopic (exact) mass is 347 g/mol. The zero-order chi connectivity index (χ0) is 18.1. The SMILES string of the molecule is Cc1cc(C(=O)NC2CCCc3nc(-c4ccccc4)ncc32)n(C)n1. The van der Waals surface area contributed by atoms with Crippen molar-refractivity contribution in [2.45, 2.75) is 32.2 Å². The Morgan fingerprint density at radius 1 is 1.27 bits per heavy atom. The lowest BCUT2D eigenvalue weighted by molar-refractivity contribution is 0.0923. The summed E-state index contributed by atoms with van der Waals surface area (Å²) in [5.74, 6) is 0.622. The van der Waals surface area contributed by atoms with Gasteiger partial charge in [0.2, 0.25) is 0 Å². The van der Waals surface area contributed by atoms with E-state index in [2.05, 4.69) is 15.4 Å². The second kappa shape index (κ2) is 6.71. The van der Waals surface area contributed by atoms with Gasteiger partial charge < -0.3 is 5.32 Å². The molecule has 1 aromatic carbocycles. The van der Waals surface area contributed by atoms with Crippen molar-refractivity contribution in [2.75, 3.05) is 0 Å². The van der Waals surface area contributed by atoms with Gasteiger partial charge in [-0.3, -0.25) is 9.48 Å². The van der Waals surface area contributed by atoms with E-state index in [4.69, 9.17) is 4.98 Å². The van der Waals surface area contributed by atoms with Crippen LogP contribution in [0.25, 0.3) is 11.4 Å². The molecule has 1 atom stereocenters. The number of aromatic nitrogens is 4. The smallest absolute Gasteiger partial charge is 0.270 e. The molecule has 1 amide bonds. The summed E-state index contributed by atoms with van der Waals surface area (Å²) in [5.41, 5.74) is 4.44. The number of hydrogen-bond acceptors (Lipinski definition) is 4. The number of carbonyl (C=O) groups excluding carboxylic acids is 1. The zero-order valence-corrected chi connectivity index (χ0v) is 14.9. The highest BCUT2D eigenvalue weighted by atomic mass is 16.2. The predicted molar refractivity (Wildman–Crippen MR) is 98.6 cm³/mol. The Balaban J connectivity index is 1.59. The molecule has 1 aliphatic rings. The topological polar surface area (TPSA) is 72.7 Å². The first-order chi connectivity index (χ1) is 12.6.